The Hall–Kier alpha value is -1.97. The number of hydrogen-bond donors (Lipinski definition) is 1. The molecule has 0 atom stereocenters. The van der Waals surface area contributed by atoms with E-state index in [1.54, 1.807) is 0 Å². The number of nitrogen functional groups attached to an aromatic ring is 1. The number of aryl methyl sites for hydroxylation is 2. The molecular weight excluding hydrogens is 248 g/mol. The highest BCUT2D eigenvalue weighted by Gasteiger charge is 2.14. The molecule has 0 bridgehead atoms. The molecule has 0 saturated carbocycles. The molecule has 0 unspecified atom stereocenters. The smallest absolute Gasteiger partial charge is 0.145 e. The zero-order valence-corrected chi connectivity index (χ0v) is 11.8. The number of nitrogens with two attached hydrogens (primary N) is 1. The second-order valence-corrected chi connectivity index (χ2v) is 5.43. The summed E-state index contributed by atoms with van der Waals surface area (Å²) in [7, 11) is 0. The number of aromatic nitrogens is 2. The predicted octanol–water partition coefficient (Wildman–Crippen LogP) is 2.70. The standard InChI is InChI=1S/C16H22N4/c17-16-9-13-20(18-16)12-5-11-19-10-4-3-7-14-6-1-2-8-15(14)19/h1-2,6,8-9,13H,3-5,7,10-12H2,(H2,17,18). The van der Waals surface area contributed by atoms with Crippen LogP contribution in [0.25, 0.3) is 0 Å². The van der Waals surface area contributed by atoms with Gasteiger partial charge in [-0.1, -0.05) is 18.2 Å². The number of fused-ring (bicyclic) bond motifs is 1. The van der Waals surface area contributed by atoms with E-state index in [2.05, 4.69) is 34.3 Å². The van der Waals surface area contributed by atoms with Crippen molar-refractivity contribution in [1.29, 1.82) is 0 Å². The summed E-state index contributed by atoms with van der Waals surface area (Å²) < 4.78 is 1.93. The van der Waals surface area contributed by atoms with Gasteiger partial charge in [0.15, 0.2) is 0 Å². The number of anilines is 2. The molecule has 106 valence electrons. The van der Waals surface area contributed by atoms with Gasteiger partial charge >= 0.3 is 0 Å². The monoisotopic (exact) mass is 270 g/mol. The third-order valence-corrected chi connectivity index (χ3v) is 3.93. The summed E-state index contributed by atoms with van der Waals surface area (Å²) in [5.41, 5.74) is 8.55. The highest BCUT2D eigenvalue weighted by molar-refractivity contribution is 5.54. The Morgan fingerprint density at radius 3 is 2.85 bits per heavy atom. The fourth-order valence-corrected chi connectivity index (χ4v) is 2.93. The quantitative estimate of drug-likeness (QED) is 0.929. The van der Waals surface area contributed by atoms with Gasteiger partial charge in [0.2, 0.25) is 0 Å². The Labute approximate surface area is 120 Å². The number of hydrogen-bond acceptors (Lipinski definition) is 3. The highest BCUT2D eigenvalue weighted by atomic mass is 15.3. The minimum Gasteiger partial charge on any atom is -0.382 e. The molecular formula is C16H22N4. The summed E-state index contributed by atoms with van der Waals surface area (Å²) in [5, 5.41) is 4.23. The average molecular weight is 270 g/mol. The predicted molar refractivity (Wildman–Crippen MR) is 82.8 cm³/mol. The van der Waals surface area contributed by atoms with E-state index in [1.165, 1.54) is 30.5 Å². The molecule has 1 aromatic heterocycles. The first-order valence-electron chi connectivity index (χ1n) is 7.45. The van der Waals surface area contributed by atoms with Crippen LogP contribution in [-0.4, -0.2) is 22.9 Å². The van der Waals surface area contributed by atoms with Crippen molar-refractivity contribution >= 4 is 11.5 Å². The van der Waals surface area contributed by atoms with Gasteiger partial charge in [-0.05, 0) is 43.4 Å². The zero-order chi connectivity index (χ0) is 13.8. The van der Waals surface area contributed by atoms with E-state index in [0.29, 0.717) is 5.82 Å². The Morgan fingerprint density at radius 1 is 1.10 bits per heavy atom. The van der Waals surface area contributed by atoms with Gasteiger partial charge in [-0.25, -0.2) is 0 Å². The van der Waals surface area contributed by atoms with Gasteiger partial charge in [-0.3, -0.25) is 4.68 Å². The fourth-order valence-electron chi connectivity index (χ4n) is 2.93. The van der Waals surface area contributed by atoms with Crippen LogP contribution < -0.4 is 10.6 Å². The first kappa shape index (κ1) is 13.0. The lowest BCUT2D eigenvalue weighted by Gasteiger charge is -2.24. The first-order valence-corrected chi connectivity index (χ1v) is 7.45. The number of rotatable bonds is 4. The van der Waals surface area contributed by atoms with Crippen LogP contribution in [0, 0.1) is 0 Å². The average Bonchev–Trinajstić information content (AvgIpc) is 2.76. The minimum absolute atomic E-state index is 0.602. The summed E-state index contributed by atoms with van der Waals surface area (Å²) in [6.07, 6.45) is 6.83. The van der Waals surface area contributed by atoms with Crippen molar-refractivity contribution in [3.8, 4) is 0 Å². The number of para-hydroxylation sites is 1. The normalized spacial score (nSPS) is 14.9. The maximum atomic E-state index is 5.63. The van der Waals surface area contributed by atoms with Crippen LogP contribution in [0.15, 0.2) is 36.5 Å². The second kappa shape index (κ2) is 5.99. The summed E-state index contributed by atoms with van der Waals surface area (Å²) in [6.45, 7) is 3.17. The molecule has 3 rings (SSSR count). The molecule has 2 heterocycles. The molecule has 1 aromatic carbocycles. The van der Waals surface area contributed by atoms with E-state index >= 15 is 0 Å². The lowest BCUT2D eigenvalue weighted by molar-refractivity contribution is 0.568. The van der Waals surface area contributed by atoms with Gasteiger partial charge in [0.05, 0.1) is 0 Å². The topological polar surface area (TPSA) is 47.1 Å². The summed E-state index contributed by atoms with van der Waals surface area (Å²) in [5.74, 6) is 0.602. The lowest BCUT2D eigenvalue weighted by Crippen LogP contribution is -2.26. The van der Waals surface area contributed by atoms with Gasteiger partial charge in [-0.15, -0.1) is 0 Å². The van der Waals surface area contributed by atoms with Gasteiger partial charge in [0.25, 0.3) is 0 Å². The maximum Gasteiger partial charge on any atom is 0.145 e. The largest absolute Gasteiger partial charge is 0.382 e. The summed E-state index contributed by atoms with van der Waals surface area (Å²) in [4.78, 5) is 2.52. The molecule has 4 heteroatoms. The van der Waals surface area contributed by atoms with E-state index in [-0.39, 0.29) is 0 Å². The van der Waals surface area contributed by atoms with Gasteiger partial charge < -0.3 is 10.6 Å². The van der Waals surface area contributed by atoms with Crippen molar-refractivity contribution in [1.82, 2.24) is 9.78 Å². The molecule has 0 spiro atoms. The van der Waals surface area contributed by atoms with E-state index < -0.39 is 0 Å². The highest BCUT2D eigenvalue weighted by Crippen LogP contribution is 2.26. The molecule has 1 aliphatic heterocycles. The molecule has 4 nitrogen and oxygen atoms in total. The van der Waals surface area contributed by atoms with Crippen LogP contribution in [-0.2, 0) is 13.0 Å². The minimum atomic E-state index is 0.602. The van der Waals surface area contributed by atoms with Crippen LogP contribution in [0.2, 0.25) is 0 Å². The van der Waals surface area contributed by atoms with Crippen LogP contribution in [0.1, 0.15) is 24.8 Å². The molecule has 20 heavy (non-hydrogen) atoms. The van der Waals surface area contributed by atoms with Crippen molar-refractivity contribution in [3.05, 3.63) is 42.1 Å². The summed E-state index contributed by atoms with van der Waals surface area (Å²) in [6, 6.07) is 10.7. The Bertz CT molecular complexity index is 561. The lowest BCUT2D eigenvalue weighted by atomic mass is 10.1. The molecule has 1 aliphatic rings. The first-order chi connectivity index (χ1) is 9.83. The van der Waals surface area contributed by atoms with Crippen molar-refractivity contribution in [2.24, 2.45) is 0 Å². The van der Waals surface area contributed by atoms with Crippen LogP contribution >= 0.6 is 0 Å². The molecule has 2 aromatic rings. The zero-order valence-electron chi connectivity index (χ0n) is 11.8. The van der Waals surface area contributed by atoms with Crippen molar-refractivity contribution in [3.63, 3.8) is 0 Å². The Balaban J connectivity index is 1.62. The van der Waals surface area contributed by atoms with Crippen molar-refractivity contribution in [2.75, 3.05) is 23.7 Å². The van der Waals surface area contributed by atoms with Gasteiger partial charge in [0.1, 0.15) is 5.82 Å². The summed E-state index contributed by atoms with van der Waals surface area (Å²) >= 11 is 0. The maximum absolute atomic E-state index is 5.63. The second-order valence-electron chi connectivity index (χ2n) is 5.43. The van der Waals surface area contributed by atoms with Gasteiger partial charge in [-0.2, -0.15) is 5.10 Å². The van der Waals surface area contributed by atoms with Crippen LogP contribution in [0.5, 0.6) is 0 Å². The Kier molecular flexibility index (Phi) is 3.90. The third kappa shape index (κ3) is 2.95. The fraction of sp³-hybridized carbons (Fsp3) is 0.438. The van der Waals surface area contributed by atoms with E-state index in [4.69, 9.17) is 5.73 Å². The molecule has 0 amide bonds. The van der Waals surface area contributed by atoms with Gasteiger partial charge in [0, 0.05) is 31.5 Å². The Morgan fingerprint density at radius 2 is 2.00 bits per heavy atom. The molecule has 2 N–H and O–H groups in total. The van der Waals surface area contributed by atoms with E-state index in [9.17, 15) is 0 Å². The van der Waals surface area contributed by atoms with Crippen LogP contribution in [0.3, 0.4) is 0 Å². The van der Waals surface area contributed by atoms with Crippen molar-refractivity contribution < 1.29 is 0 Å². The SMILES string of the molecule is Nc1ccn(CCCN2CCCCc3ccccc32)n1. The third-order valence-electron chi connectivity index (χ3n) is 3.93. The molecule has 0 aliphatic carbocycles. The number of nitrogens with zero attached hydrogens (tertiary/aromatic N) is 3. The molecule has 0 fully saturated rings. The van der Waals surface area contributed by atoms with Crippen LogP contribution in [0.4, 0.5) is 11.5 Å². The van der Waals surface area contributed by atoms with E-state index in [0.717, 1.165) is 26.1 Å². The van der Waals surface area contributed by atoms with Crippen molar-refractivity contribution in [2.45, 2.75) is 32.2 Å². The van der Waals surface area contributed by atoms with E-state index in [1.807, 2.05) is 16.9 Å². The number of benzene rings is 1. The molecule has 0 saturated heterocycles. The molecule has 0 radical (unpaired) electrons.